The number of carbonyl (C=O) groups is 3. The maximum atomic E-state index is 13.7. The van der Waals surface area contributed by atoms with E-state index < -0.39 is 33.7 Å². The standard InChI is InChI=1S/C26H24FN3O6S/c1-17(31)28-20-7-9-21(10-8-20)30-25(32)15-24(26(30)33)29(16-18-3-5-19(27)6-4-18)37(34,35)23-13-11-22(36-2)12-14-23/h3-14,24H,15-16H2,1-2H3,(H,28,31). The summed E-state index contributed by atoms with van der Waals surface area (Å²) in [5.41, 5.74) is 1.17. The van der Waals surface area contributed by atoms with Gasteiger partial charge in [-0.05, 0) is 66.2 Å². The van der Waals surface area contributed by atoms with Crippen molar-refractivity contribution >= 4 is 39.1 Å². The van der Waals surface area contributed by atoms with Crippen LogP contribution in [-0.4, -0.2) is 43.6 Å². The third-order valence-electron chi connectivity index (χ3n) is 5.83. The van der Waals surface area contributed by atoms with E-state index in [4.69, 9.17) is 4.74 Å². The molecule has 0 aromatic heterocycles. The van der Waals surface area contributed by atoms with Crippen LogP contribution in [0.3, 0.4) is 0 Å². The molecular weight excluding hydrogens is 501 g/mol. The molecule has 3 amide bonds. The topological polar surface area (TPSA) is 113 Å². The Morgan fingerprint density at radius 1 is 1.03 bits per heavy atom. The summed E-state index contributed by atoms with van der Waals surface area (Å²) in [5, 5.41) is 2.60. The number of sulfonamides is 1. The minimum Gasteiger partial charge on any atom is -0.497 e. The summed E-state index contributed by atoms with van der Waals surface area (Å²) >= 11 is 0. The van der Waals surface area contributed by atoms with Crippen molar-refractivity contribution in [2.45, 2.75) is 30.8 Å². The van der Waals surface area contributed by atoms with Crippen molar-refractivity contribution in [2.24, 2.45) is 0 Å². The Labute approximate surface area is 213 Å². The van der Waals surface area contributed by atoms with Gasteiger partial charge in [-0.1, -0.05) is 12.1 Å². The van der Waals surface area contributed by atoms with E-state index in [0.29, 0.717) is 17.0 Å². The van der Waals surface area contributed by atoms with Crippen molar-refractivity contribution in [2.75, 3.05) is 17.3 Å². The van der Waals surface area contributed by atoms with Crippen molar-refractivity contribution in [1.82, 2.24) is 4.31 Å². The number of amides is 3. The van der Waals surface area contributed by atoms with Crippen LogP contribution < -0.4 is 15.0 Å². The van der Waals surface area contributed by atoms with Crippen molar-refractivity contribution in [1.29, 1.82) is 0 Å². The number of hydrogen-bond donors (Lipinski definition) is 1. The van der Waals surface area contributed by atoms with Crippen LogP contribution in [0.5, 0.6) is 5.75 Å². The Morgan fingerprint density at radius 2 is 1.65 bits per heavy atom. The van der Waals surface area contributed by atoms with Crippen molar-refractivity contribution < 1.29 is 31.9 Å². The highest BCUT2D eigenvalue weighted by atomic mass is 32.2. The number of hydrogen-bond acceptors (Lipinski definition) is 6. The maximum absolute atomic E-state index is 13.7. The molecule has 0 saturated carbocycles. The van der Waals surface area contributed by atoms with Crippen LogP contribution >= 0.6 is 0 Å². The molecular formula is C26H24FN3O6S. The second-order valence-corrected chi connectivity index (χ2v) is 10.3. The van der Waals surface area contributed by atoms with Crippen LogP contribution in [0.25, 0.3) is 0 Å². The Kier molecular flexibility index (Phi) is 7.37. The smallest absolute Gasteiger partial charge is 0.252 e. The number of nitrogens with one attached hydrogen (secondary N) is 1. The monoisotopic (exact) mass is 525 g/mol. The van der Waals surface area contributed by atoms with Crippen molar-refractivity contribution in [3.05, 3.63) is 84.2 Å². The molecule has 9 nitrogen and oxygen atoms in total. The zero-order valence-electron chi connectivity index (χ0n) is 20.0. The molecule has 3 aromatic rings. The molecule has 1 N–H and O–H groups in total. The van der Waals surface area contributed by atoms with Gasteiger partial charge in [0.2, 0.25) is 21.8 Å². The zero-order valence-corrected chi connectivity index (χ0v) is 20.9. The van der Waals surface area contributed by atoms with Gasteiger partial charge in [0.1, 0.15) is 17.6 Å². The molecule has 1 atom stereocenters. The average molecular weight is 526 g/mol. The Hall–Kier alpha value is -4.09. The van der Waals surface area contributed by atoms with Crippen molar-refractivity contribution in [3.8, 4) is 5.75 Å². The summed E-state index contributed by atoms with van der Waals surface area (Å²) in [6, 6.07) is 15.6. The summed E-state index contributed by atoms with van der Waals surface area (Å²) in [6.07, 6.45) is -0.372. The highest BCUT2D eigenvalue weighted by molar-refractivity contribution is 7.89. The third kappa shape index (κ3) is 5.52. The third-order valence-corrected chi connectivity index (χ3v) is 7.70. The molecule has 11 heteroatoms. The predicted octanol–water partition coefficient (Wildman–Crippen LogP) is 3.32. The molecule has 4 rings (SSSR count). The van der Waals surface area contributed by atoms with E-state index in [1.165, 1.54) is 86.8 Å². The molecule has 0 aliphatic carbocycles. The summed E-state index contributed by atoms with van der Waals surface area (Å²) in [4.78, 5) is 38.6. The van der Waals surface area contributed by atoms with Gasteiger partial charge in [0.05, 0.1) is 24.1 Å². The van der Waals surface area contributed by atoms with Gasteiger partial charge >= 0.3 is 0 Å². The Bertz CT molecular complexity index is 1420. The molecule has 1 fully saturated rings. The van der Waals surface area contributed by atoms with Gasteiger partial charge in [0.15, 0.2) is 0 Å². The lowest BCUT2D eigenvalue weighted by Gasteiger charge is -2.27. The van der Waals surface area contributed by atoms with Gasteiger partial charge in [-0.2, -0.15) is 4.31 Å². The Morgan fingerprint density at radius 3 is 2.22 bits per heavy atom. The van der Waals surface area contributed by atoms with Crippen LogP contribution in [0.15, 0.2) is 77.7 Å². The fourth-order valence-electron chi connectivity index (χ4n) is 4.02. The molecule has 0 spiro atoms. The molecule has 192 valence electrons. The summed E-state index contributed by atoms with van der Waals surface area (Å²) in [6.45, 7) is 1.10. The number of nitrogens with zero attached hydrogens (tertiary/aromatic N) is 2. The minimum absolute atomic E-state index is 0.0891. The van der Waals surface area contributed by atoms with Gasteiger partial charge in [-0.15, -0.1) is 0 Å². The highest BCUT2D eigenvalue weighted by Gasteiger charge is 2.47. The predicted molar refractivity (Wildman–Crippen MR) is 134 cm³/mol. The van der Waals surface area contributed by atoms with E-state index in [-0.39, 0.29) is 29.5 Å². The van der Waals surface area contributed by atoms with Gasteiger partial charge in [-0.3, -0.25) is 14.4 Å². The Balaban J connectivity index is 1.70. The van der Waals surface area contributed by atoms with E-state index in [0.717, 1.165) is 9.21 Å². The molecule has 1 aliphatic rings. The quantitative estimate of drug-likeness (QED) is 0.452. The number of ether oxygens (including phenoxy) is 1. The van der Waals surface area contributed by atoms with E-state index >= 15 is 0 Å². The second kappa shape index (κ2) is 10.5. The molecule has 3 aromatic carbocycles. The van der Waals surface area contributed by atoms with Crippen LogP contribution in [0.4, 0.5) is 15.8 Å². The fraction of sp³-hybridized carbons (Fsp3) is 0.192. The van der Waals surface area contributed by atoms with E-state index in [9.17, 15) is 27.2 Å². The lowest BCUT2D eigenvalue weighted by atomic mass is 10.2. The lowest BCUT2D eigenvalue weighted by Crippen LogP contribution is -2.45. The number of rotatable bonds is 8. The summed E-state index contributed by atoms with van der Waals surface area (Å²) in [5.74, 6) is -1.60. The van der Waals surface area contributed by atoms with Crippen LogP contribution in [0, 0.1) is 5.82 Å². The molecule has 1 saturated heterocycles. The average Bonchev–Trinajstić information content (AvgIpc) is 3.17. The van der Waals surface area contributed by atoms with Crippen LogP contribution in [0.1, 0.15) is 18.9 Å². The normalized spacial score (nSPS) is 15.8. The van der Waals surface area contributed by atoms with Crippen LogP contribution in [-0.2, 0) is 31.0 Å². The molecule has 0 radical (unpaired) electrons. The number of carbonyl (C=O) groups excluding carboxylic acids is 3. The van der Waals surface area contributed by atoms with Gasteiger partial charge < -0.3 is 10.1 Å². The summed E-state index contributed by atoms with van der Waals surface area (Å²) in [7, 11) is -2.81. The second-order valence-electron chi connectivity index (χ2n) is 8.37. The first kappa shape index (κ1) is 26.0. The molecule has 37 heavy (non-hydrogen) atoms. The molecule has 1 heterocycles. The fourth-order valence-corrected chi connectivity index (χ4v) is 5.59. The minimum atomic E-state index is -4.26. The van der Waals surface area contributed by atoms with E-state index in [1.807, 2.05) is 0 Å². The van der Waals surface area contributed by atoms with E-state index in [1.54, 1.807) is 0 Å². The van der Waals surface area contributed by atoms with Gasteiger partial charge in [-0.25, -0.2) is 17.7 Å². The number of anilines is 2. The number of benzene rings is 3. The SMILES string of the molecule is COc1ccc(S(=O)(=O)N(Cc2ccc(F)cc2)C2CC(=O)N(c3ccc(NC(C)=O)cc3)C2=O)cc1. The first-order valence-corrected chi connectivity index (χ1v) is 12.7. The van der Waals surface area contributed by atoms with Crippen molar-refractivity contribution in [3.63, 3.8) is 0 Å². The number of methoxy groups -OCH3 is 1. The molecule has 0 bridgehead atoms. The largest absolute Gasteiger partial charge is 0.497 e. The maximum Gasteiger partial charge on any atom is 0.252 e. The first-order chi connectivity index (χ1) is 17.6. The van der Waals surface area contributed by atoms with E-state index in [2.05, 4.69) is 5.32 Å². The van der Waals surface area contributed by atoms with Gasteiger partial charge in [0, 0.05) is 19.2 Å². The molecule has 1 unspecified atom stereocenters. The molecule has 1 aliphatic heterocycles. The van der Waals surface area contributed by atoms with Gasteiger partial charge in [0.25, 0.3) is 5.91 Å². The number of halogens is 1. The first-order valence-electron chi connectivity index (χ1n) is 11.2. The zero-order chi connectivity index (χ0) is 26.7. The highest BCUT2D eigenvalue weighted by Crippen LogP contribution is 2.31. The lowest BCUT2D eigenvalue weighted by molar-refractivity contribution is -0.122. The number of imide groups is 1. The van der Waals surface area contributed by atoms with Crippen LogP contribution in [0.2, 0.25) is 0 Å². The summed E-state index contributed by atoms with van der Waals surface area (Å²) < 4.78 is 47.0.